The Hall–Kier alpha value is -0.670. The summed E-state index contributed by atoms with van der Waals surface area (Å²) in [4.78, 5) is 6.99. The molecule has 2 unspecified atom stereocenters. The number of pyridine rings is 1. The Balaban J connectivity index is 2.40. The summed E-state index contributed by atoms with van der Waals surface area (Å²) < 4.78 is 0. The highest BCUT2D eigenvalue weighted by Crippen LogP contribution is 2.38. The normalized spacial score (nSPS) is 22.9. The van der Waals surface area contributed by atoms with Crippen LogP contribution >= 0.6 is 23.2 Å². The van der Waals surface area contributed by atoms with Crippen molar-refractivity contribution >= 4 is 34.8 Å². The number of hydrogen-bond acceptors (Lipinski definition) is 3. The van der Waals surface area contributed by atoms with E-state index in [0.717, 1.165) is 24.6 Å². The van der Waals surface area contributed by atoms with Gasteiger partial charge in [-0.05, 0) is 39.2 Å². The van der Waals surface area contributed by atoms with E-state index in [1.807, 2.05) is 6.92 Å². The molecule has 1 aromatic rings. The minimum atomic E-state index is 0.477. The van der Waals surface area contributed by atoms with Gasteiger partial charge in [0.2, 0.25) is 0 Å². The molecule has 1 aliphatic heterocycles. The number of aromatic nitrogens is 1. The van der Waals surface area contributed by atoms with Crippen molar-refractivity contribution in [1.82, 2.24) is 4.98 Å². The minimum absolute atomic E-state index is 0.477. The second-order valence-corrected chi connectivity index (χ2v) is 5.86. The van der Waals surface area contributed by atoms with Gasteiger partial charge in [-0.3, -0.25) is 0 Å². The molecule has 0 aromatic carbocycles. The summed E-state index contributed by atoms with van der Waals surface area (Å²) in [5, 5.41) is 4.40. The Morgan fingerprint density at radius 1 is 1.32 bits per heavy atom. The minimum Gasteiger partial charge on any atom is -0.369 e. The van der Waals surface area contributed by atoms with Gasteiger partial charge in [-0.25, -0.2) is 4.98 Å². The van der Waals surface area contributed by atoms with Crippen molar-refractivity contribution in [3.8, 4) is 0 Å². The van der Waals surface area contributed by atoms with Crippen LogP contribution in [0.25, 0.3) is 0 Å². The second kappa shape index (κ2) is 6.19. The molecular formula is C14H21Cl2N3. The van der Waals surface area contributed by atoms with Crippen LogP contribution in [0.3, 0.4) is 0 Å². The molecule has 0 radical (unpaired) electrons. The van der Waals surface area contributed by atoms with E-state index in [-0.39, 0.29) is 0 Å². The van der Waals surface area contributed by atoms with Crippen LogP contribution in [0.4, 0.5) is 11.6 Å². The zero-order valence-corrected chi connectivity index (χ0v) is 13.2. The standard InChI is InChI=1S/C14H21Cl2N3/c1-4-10-7-6-9(3)19(10)14-12(16)8-11(15)13(18-14)17-5-2/h8-10H,4-7H2,1-3H3,(H,17,18). The lowest BCUT2D eigenvalue weighted by Gasteiger charge is -2.30. The zero-order valence-electron chi connectivity index (χ0n) is 11.7. The summed E-state index contributed by atoms with van der Waals surface area (Å²) in [5.41, 5.74) is 0. The van der Waals surface area contributed by atoms with Gasteiger partial charge in [-0.1, -0.05) is 30.1 Å². The average molecular weight is 302 g/mol. The molecule has 2 rings (SSSR count). The quantitative estimate of drug-likeness (QED) is 0.882. The molecule has 2 heterocycles. The van der Waals surface area contributed by atoms with Crippen molar-refractivity contribution < 1.29 is 0 Å². The van der Waals surface area contributed by atoms with Gasteiger partial charge < -0.3 is 10.2 Å². The first-order valence-corrected chi connectivity index (χ1v) is 7.72. The molecule has 0 spiro atoms. The van der Waals surface area contributed by atoms with Crippen LogP contribution in [0.2, 0.25) is 10.0 Å². The second-order valence-electron chi connectivity index (χ2n) is 5.05. The summed E-state index contributed by atoms with van der Waals surface area (Å²) in [7, 11) is 0. The maximum atomic E-state index is 6.35. The number of anilines is 2. The highest BCUT2D eigenvalue weighted by molar-refractivity contribution is 6.37. The van der Waals surface area contributed by atoms with Crippen molar-refractivity contribution in [1.29, 1.82) is 0 Å². The highest BCUT2D eigenvalue weighted by Gasteiger charge is 2.32. The largest absolute Gasteiger partial charge is 0.369 e. The van der Waals surface area contributed by atoms with Gasteiger partial charge in [0.1, 0.15) is 11.6 Å². The first-order valence-electron chi connectivity index (χ1n) is 6.96. The van der Waals surface area contributed by atoms with Gasteiger partial charge in [-0.15, -0.1) is 0 Å². The van der Waals surface area contributed by atoms with E-state index >= 15 is 0 Å². The predicted molar refractivity (Wildman–Crippen MR) is 83.7 cm³/mol. The number of halogens is 2. The van der Waals surface area contributed by atoms with E-state index in [1.54, 1.807) is 6.07 Å². The van der Waals surface area contributed by atoms with Crippen LogP contribution < -0.4 is 10.2 Å². The van der Waals surface area contributed by atoms with Gasteiger partial charge in [0, 0.05) is 18.6 Å². The molecule has 0 aliphatic carbocycles. The first-order chi connectivity index (χ1) is 9.08. The van der Waals surface area contributed by atoms with E-state index in [0.29, 0.717) is 22.1 Å². The van der Waals surface area contributed by atoms with Crippen LogP contribution in [-0.4, -0.2) is 23.6 Å². The first kappa shape index (κ1) is 14.7. The van der Waals surface area contributed by atoms with Crippen LogP contribution in [0.1, 0.15) is 40.0 Å². The molecule has 2 atom stereocenters. The van der Waals surface area contributed by atoms with Crippen molar-refractivity contribution in [3.05, 3.63) is 16.1 Å². The van der Waals surface area contributed by atoms with Crippen LogP contribution in [-0.2, 0) is 0 Å². The monoisotopic (exact) mass is 301 g/mol. The van der Waals surface area contributed by atoms with Gasteiger partial charge in [0.25, 0.3) is 0 Å². The summed E-state index contributed by atoms with van der Waals surface area (Å²) >= 11 is 12.5. The molecule has 0 amide bonds. The molecule has 1 saturated heterocycles. The van der Waals surface area contributed by atoms with Crippen LogP contribution in [0, 0.1) is 0 Å². The van der Waals surface area contributed by atoms with Crippen molar-refractivity contribution in [3.63, 3.8) is 0 Å². The predicted octanol–water partition coefficient (Wildman–Crippen LogP) is 4.59. The number of nitrogens with one attached hydrogen (secondary N) is 1. The van der Waals surface area contributed by atoms with E-state index in [9.17, 15) is 0 Å². The molecule has 1 N–H and O–H groups in total. The zero-order chi connectivity index (χ0) is 14.0. The molecule has 1 aromatic heterocycles. The molecule has 1 aliphatic rings. The smallest absolute Gasteiger partial charge is 0.150 e. The number of hydrogen-bond donors (Lipinski definition) is 1. The Bertz CT molecular complexity index is 451. The fourth-order valence-corrected chi connectivity index (χ4v) is 3.31. The van der Waals surface area contributed by atoms with E-state index in [1.165, 1.54) is 12.8 Å². The Kier molecular flexibility index (Phi) is 4.80. The summed E-state index contributed by atoms with van der Waals surface area (Å²) in [5.74, 6) is 1.58. The molecule has 106 valence electrons. The fraction of sp³-hybridized carbons (Fsp3) is 0.643. The third kappa shape index (κ3) is 2.92. The van der Waals surface area contributed by atoms with E-state index in [2.05, 4.69) is 29.0 Å². The third-order valence-electron chi connectivity index (χ3n) is 3.76. The lowest BCUT2D eigenvalue weighted by atomic mass is 10.1. The van der Waals surface area contributed by atoms with Crippen LogP contribution in [0.5, 0.6) is 0 Å². The molecule has 1 fully saturated rings. The van der Waals surface area contributed by atoms with Crippen molar-refractivity contribution in [2.24, 2.45) is 0 Å². The van der Waals surface area contributed by atoms with Gasteiger partial charge >= 0.3 is 0 Å². The van der Waals surface area contributed by atoms with E-state index in [4.69, 9.17) is 23.2 Å². The molecule has 0 bridgehead atoms. The lowest BCUT2D eigenvalue weighted by molar-refractivity contribution is 0.621. The SMILES string of the molecule is CCNc1nc(N2C(C)CCC2CC)c(Cl)cc1Cl. The molecule has 0 saturated carbocycles. The summed E-state index contributed by atoms with van der Waals surface area (Å²) in [6, 6.07) is 2.79. The van der Waals surface area contributed by atoms with Gasteiger partial charge in [-0.2, -0.15) is 0 Å². The average Bonchev–Trinajstić information content (AvgIpc) is 2.74. The maximum absolute atomic E-state index is 6.35. The van der Waals surface area contributed by atoms with Crippen LogP contribution in [0.15, 0.2) is 6.07 Å². The van der Waals surface area contributed by atoms with Gasteiger partial charge in [0.15, 0.2) is 0 Å². The molecule has 3 nitrogen and oxygen atoms in total. The third-order valence-corrected chi connectivity index (χ3v) is 4.32. The Labute approximate surface area is 125 Å². The van der Waals surface area contributed by atoms with Crippen molar-refractivity contribution in [2.75, 3.05) is 16.8 Å². The van der Waals surface area contributed by atoms with E-state index < -0.39 is 0 Å². The topological polar surface area (TPSA) is 28.2 Å². The lowest BCUT2D eigenvalue weighted by Crippen LogP contribution is -2.35. The Morgan fingerprint density at radius 2 is 2.05 bits per heavy atom. The van der Waals surface area contributed by atoms with Gasteiger partial charge in [0.05, 0.1) is 10.0 Å². The Morgan fingerprint density at radius 3 is 2.68 bits per heavy atom. The highest BCUT2D eigenvalue weighted by atomic mass is 35.5. The molecule has 19 heavy (non-hydrogen) atoms. The number of rotatable bonds is 4. The fourth-order valence-electron chi connectivity index (χ4n) is 2.78. The number of nitrogens with zero attached hydrogens (tertiary/aromatic N) is 2. The molecule has 5 heteroatoms. The maximum Gasteiger partial charge on any atom is 0.150 e. The van der Waals surface area contributed by atoms with Crippen molar-refractivity contribution in [2.45, 2.75) is 52.1 Å². The molecular weight excluding hydrogens is 281 g/mol. The summed E-state index contributed by atoms with van der Waals surface area (Å²) in [6.45, 7) is 7.26. The summed E-state index contributed by atoms with van der Waals surface area (Å²) in [6.07, 6.45) is 3.51.